The standard InChI is InChI=1S/C39H41F6N3O5/c1-6-23-14-28(34-21(4)12-25(40)13-22(34)5)37(42)35(36(23)41)30(16-33(50)51)46-38(52)31(11-20(2)3)48-17-24(29(15-32(48)49)39(43,44)45)9-10-47-26-7-8-27(47)19-53-18-26/h1,12-15,17,20,26-27,30-31H,7-11,16,18-19H2,2-5H3,(H,46,52)(H,50,51)/t26?,27?,30-,31-/m0/s1. The predicted molar refractivity (Wildman–Crippen MR) is 185 cm³/mol. The number of aryl methyl sites for hydroxylation is 2. The van der Waals surface area contributed by atoms with Crippen LogP contribution in [0.3, 0.4) is 0 Å². The molecule has 3 heterocycles. The summed E-state index contributed by atoms with van der Waals surface area (Å²) in [6.07, 6.45) is 2.15. The number of fused-ring (bicyclic) bond motifs is 2. The van der Waals surface area contributed by atoms with E-state index in [1.807, 2.05) is 0 Å². The van der Waals surface area contributed by atoms with Crippen molar-refractivity contribution in [3.63, 3.8) is 0 Å². The number of morpholine rings is 1. The molecule has 53 heavy (non-hydrogen) atoms. The minimum absolute atomic E-state index is 0.0600. The van der Waals surface area contributed by atoms with Gasteiger partial charge in [0.1, 0.15) is 23.5 Å². The van der Waals surface area contributed by atoms with Crippen molar-refractivity contribution in [1.29, 1.82) is 0 Å². The maximum atomic E-state index is 16.5. The summed E-state index contributed by atoms with van der Waals surface area (Å²) in [5.74, 6) is -3.99. The molecule has 0 saturated carbocycles. The van der Waals surface area contributed by atoms with Crippen molar-refractivity contribution in [1.82, 2.24) is 14.8 Å². The summed E-state index contributed by atoms with van der Waals surface area (Å²) < 4.78 is 96.0. The topological polar surface area (TPSA) is 101 Å². The lowest BCUT2D eigenvalue weighted by molar-refractivity contribution is -0.139. The fraction of sp³-hybridized carbons (Fsp3) is 0.462. The Morgan fingerprint density at radius 3 is 2.21 bits per heavy atom. The zero-order valence-corrected chi connectivity index (χ0v) is 29.8. The number of carbonyl (C=O) groups excluding carboxylic acids is 1. The highest BCUT2D eigenvalue weighted by Gasteiger charge is 2.39. The zero-order chi connectivity index (χ0) is 38.9. The number of terminal acetylenes is 1. The summed E-state index contributed by atoms with van der Waals surface area (Å²) in [5, 5.41) is 12.2. The number of carboxylic acids is 1. The van der Waals surface area contributed by atoms with Gasteiger partial charge in [0.2, 0.25) is 5.91 Å². The first kappa shape index (κ1) is 39.6. The number of nitrogens with one attached hydrogen (secondary N) is 1. The van der Waals surface area contributed by atoms with Crippen molar-refractivity contribution >= 4 is 11.9 Å². The molecule has 2 aliphatic heterocycles. The molecule has 0 radical (unpaired) electrons. The van der Waals surface area contributed by atoms with Crippen LogP contribution in [0, 0.1) is 49.6 Å². The van der Waals surface area contributed by atoms with Gasteiger partial charge in [0.15, 0.2) is 0 Å². The van der Waals surface area contributed by atoms with Crippen LogP contribution in [-0.4, -0.2) is 58.3 Å². The average Bonchev–Trinajstić information content (AvgIpc) is 3.27. The van der Waals surface area contributed by atoms with Gasteiger partial charge in [-0.3, -0.25) is 19.3 Å². The van der Waals surface area contributed by atoms with Crippen LogP contribution >= 0.6 is 0 Å². The van der Waals surface area contributed by atoms with Crippen LogP contribution in [0.5, 0.6) is 0 Å². The van der Waals surface area contributed by atoms with E-state index in [0.29, 0.717) is 19.3 Å². The third kappa shape index (κ3) is 8.47. The Kier molecular flexibility index (Phi) is 11.8. The SMILES string of the molecule is C#Cc1cc(-c2c(C)cc(F)cc2C)c(F)c([C@H](CC(=O)O)NC(=O)[C@H](CC(C)C)n2cc(CCN3C4CCC3COC4)c(C(F)(F)F)cc2=O)c1F. The van der Waals surface area contributed by atoms with Crippen molar-refractivity contribution in [2.45, 2.75) is 90.1 Å². The number of nitrogens with zero attached hydrogens (tertiary/aromatic N) is 2. The second kappa shape index (κ2) is 15.8. The zero-order valence-electron chi connectivity index (χ0n) is 29.8. The Balaban J connectivity index is 1.58. The first-order valence-corrected chi connectivity index (χ1v) is 17.3. The van der Waals surface area contributed by atoms with Gasteiger partial charge < -0.3 is 19.7 Å². The molecule has 3 aromatic rings. The van der Waals surface area contributed by atoms with Crippen LogP contribution in [-0.2, 0) is 26.9 Å². The first-order valence-electron chi connectivity index (χ1n) is 17.3. The summed E-state index contributed by atoms with van der Waals surface area (Å²) in [6.45, 7) is 7.58. The number of carboxylic acid groups (broad SMARTS) is 1. The highest BCUT2D eigenvalue weighted by molar-refractivity contribution is 5.82. The quantitative estimate of drug-likeness (QED) is 0.155. The number of alkyl halides is 3. The van der Waals surface area contributed by atoms with Gasteiger partial charge in [-0.05, 0) is 85.9 Å². The number of hydrogen-bond donors (Lipinski definition) is 2. The molecule has 2 saturated heterocycles. The molecule has 2 fully saturated rings. The molecule has 0 aliphatic carbocycles. The Hall–Kier alpha value is -4.61. The third-order valence-electron chi connectivity index (χ3n) is 10.0. The molecule has 2 aliphatic rings. The van der Waals surface area contributed by atoms with E-state index >= 15 is 8.78 Å². The average molecular weight is 746 g/mol. The van der Waals surface area contributed by atoms with Crippen molar-refractivity contribution in [3.05, 3.63) is 91.6 Å². The largest absolute Gasteiger partial charge is 0.481 e. The minimum Gasteiger partial charge on any atom is -0.481 e. The molecule has 8 nitrogen and oxygen atoms in total. The summed E-state index contributed by atoms with van der Waals surface area (Å²) >= 11 is 0. The highest BCUT2D eigenvalue weighted by Crippen LogP contribution is 2.38. The number of hydrogen-bond acceptors (Lipinski definition) is 5. The smallest absolute Gasteiger partial charge is 0.416 e. The molecule has 1 aromatic heterocycles. The second-order valence-corrected chi connectivity index (χ2v) is 14.2. The Morgan fingerprint density at radius 1 is 1.04 bits per heavy atom. The number of ether oxygens (including phenoxy) is 1. The molecule has 14 heteroatoms. The van der Waals surface area contributed by atoms with Crippen LogP contribution in [0.2, 0.25) is 0 Å². The van der Waals surface area contributed by atoms with Gasteiger partial charge >= 0.3 is 12.1 Å². The third-order valence-corrected chi connectivity index (χ3v) is 10.0. The van der Waals surface area contributed by atoms with Crippen molar-refractivity contribution in [2.24, 2.45) is 5.92 Å². The molecule has 4 atom stereocenters. The van der Waals surface area contributed by atoms with E-state index in [1.54, 1.807) is 13.8 Å². The van der Waals surface area contributed by atoms with E-state index in [-0.39, 0.29) is 65.2 Å². The van der Waals surface area contributed by atoms with E-state index in [2.05, 4.69) is 16.1 Å². The van der Waals surface area contributed by atoms with Gasteiger partial charge in [0.05, 0.1) is 36.8 Å². The Labute approximate surface area is 303 Å². The number of aliphatic carboxylic acids is 1. The van der Waals surface area contributed by atoms with Crippen LogP contribution in [0.25, 0.3) is 11.1 Å². The lowest BCUT2D eigenvalue weighted by Gasteiger charge is -2.34. The maximum Gasteiger partial charge on any atom is 0.416 e. The molecule has 5 rings (SSSR count). The van der Waals surface area contributed by atoms with E-state index < -0.39 is 76.3 Å². The monoisotopic (exact) mass is 745 g/mol. The normalized spacial score (nSPS) is 18.5. The van der Waals surface area contributed by atoms with Gasteiger partial charge in [-0.2, -0.15) is 13.2 Å². The van der Waals surface area contributed by atoms with Crippen LogP contribution in [0.4, 0.5) is 26.3 Å². The fourth-order valence-electron chi connectivity index (χ4n) is 7.67. The maximum absolute atomic E-state index is 16.5. The summed E-state index contributed by atoms with van der Waals surface area (Å²) in [7, 11) is 0. The molecule has 2 bridgehead atoms. The summed E-state index contributed by atoms with van der Waals surface area (Å²) in [5.41, 5.74) is -3.37. The van der Waals surface area contributed by atoms with E-state index in [1.165, 1.54) is 13.8 Å². The minimum atomic E-state index is -4.88. The molecule has 0 spiro atoms. The van der Waals surface area contributed by atoms with Crippen LogP contribution in [0.1, 0.15) is 85.0 Å². The number of halogens is 6. The number of aromatic nitrogens is 1. The van der Waals surface area contributed by atoms with E-state index in [4.69, 9.17) is 11.2 Å². The van der Waals surface area contributed by atoms with Crippen LogP contribution in [0.15, 0.2) is 35.3 Å². The van der Waals surface area contributed by atoms with Gasteiger partial charge in [0.25, 0.3) is 5.56 Å². The number of pyridine rings is 1. The Morgan fingerprint density at radius 2 is 1.66 bits per heavy atom. The summed E-state index contributed by atoms with van der Waals surface area (Å²) in [6, 6.07) is 0.479. The molecule has 2 N–H and O–H groups in total. The lowest BCUT2D eigenvalue weighted by atomic mass is 9.89. The molecular weight excluding hydrogens is 704 g/mol. The first-order chi connectivity index (χ1) is 24.9. The second-order valence-electron chi connectivity index (χ2n) is 14.2. The molecule has 284 valence electrons. The number of amides is 1. The van der Waals surface area contributed by atoms with Gasteiger partial charge in [-0.25, -0.2) is 13.2 Å². The number of carbonyl (C=O) groups is 2. The summed E-state index contributed by atoms with van der Waals surface area (Å²) in [4.78, 5) is 41.7. The van der Waals surface area contributed by atoms with E-state index in [0.717, 1.165) is 41.8 Å². The van der Waals surface area contributed by atoms with Gasteiger partial charge in [-0.15, -0.1) is 6.42 Å². The van der Waals surface area contributed by atoms with Crippen LogP contribution < -0.4 is 10.9 Å². The van der Waals surface area contributed by atoms with Gasteiger partial charge in [-0.1, -0.05) is 19.8 Å². The number of rotatable bonds is 12. The van der Waals surface area contributed by atoms with Gasteiger partial charge in [0, 0.05) is 42.0 Å². The molecule has 2 aromatic carbocycles. The lowest BCUT2D eigenvalue weighted by Crippen LogP contribution is -2.46. The van der Waals surface area contributed by atoms with Crippen molar-refractivity contribution in [2.75, 3.05) is 19.8 Å². The molecule has 2 unspecified atom stereocenters. The molecule has 1 amide bonds. The number of benzene rings is 2. The fourth-order valence-corrected chi connectivity index (χ4v) is 7.67. The molecular formula is C39H41F6N3O5. The predicted octanol–water partition coefficient (Wildman–Crippen LogP) is 6.87. The Bertz CT molecular complexity index is 1960. The van der Waals surface area contributed by atoms with E-state index in [9.17, 15) is 37.1 Å². The van der Waals surface area contributed by atoms with Crippen molar-refractivity contribution in [3.8, 4) is 23.5 Å². The van der Waals surface area contributed by atoms with Crippen molar-refractivity contribution < 1.29 is 45.8 Å². The highest BCUT2D eigenvalue weighted by atomic mass is 19.4.